The fraction of sp³-hybridized carbons (Fsp3) is 0.286. The minimum atomic E-state index is -0.297. The van der Waals surface area contributed by atoms with Crippen molar-refractivity contribution in [2.75, 3.05) is 21.3 Å². The Labute approximate surface area is 111 Å². The molecule has 0 spiro atoms. The molecule has 19 heavy (non-hydrogen) atoms. The van der Waals surface area contributed by atoms with Crippen molar-refractivity contribution < 1.29 is 19.0 Å². The van der Waals surface area contributed by atoms with E-state index in [9.17, 15) is 4.79 Å². The molecule has 0 aromatic heterocycles. The minimum absolute atomic E-state index is 0.297. The van der Waals surface area contributed by atoms with Crippen molar-refractivity contribution in [3.8, 4) is 11.5 Å². The van der Waals surface area contributed by atoms with Crippen LogP contribution in [0.3, 0.4) is 0 Å². The van der Waals surface area contributed by atoms with Crippen LogP contribution in [-0.2, 0) is 16.0 Å². The molecule has 5 nitrogen and oxygen atoms in total. The van der Waals surface area contributed by atoms with Gasteiger partial charge in [-0.25, -0.2) is 4.99 Å². The van der Waals surface area contributed by atoms with Gasteiger partial charge in [0.1, 0.15) is 17.3 Å². The molecular formula is C14H15NO4. The highest BCUT2D eigenvalue weighted by molar-refractivity contribution is 6.16. The highest BCUT2D eigenvalue weighted by atomic mass is 16.5. The molecule has 0 unspecified atom stereocenters. The van der Waals surface area contributed by atoms with Gasteiger partial charge in [0.2, 0.25) is 0 Å². The van der Waals surface area contributed by atoms with Gasteiger partial charge in [-0.15, -0.1) is 0 Å². The SMILES string of the molecule is COC1=CC(=O)N=C1Cc1cc(OC)ccc1OC. The smallest absolute Gasteiger partial charge is 0.273 e. The monoisotopic (exact) mass is 261 g/mol. The number of carbonyl (C=O) groups is 1. The maximum atomic E-state index is 11.3. The topological polar surface area (TPSA) is 57.1 Å². The van der Waals surface area contributed by atoms with Crippen molar-refractivity contribution in [1.82, 2.24) is 0 Å². The molecule has 1 amide bonds. The molecule has 0 N–H and O–H groups in total. The predicted octanol–water partition coefficient (Wildman–Crippen LogP) is 1.76. The number of rotatable bonds is 5. The number of benzene rings is 1. The van der Waals surface area contributed by atoms with Gasteiger partial charge in [0, 0.05) is 18.1 Å². The zero-order chi connectivity index (χ0) is 13.8. The highest BCUT2D eigenvalue weighted by Crippen LogP contribution is 2.26. The van der Waals surface area contributed by atoms with Crippen LogP contribution >= 0.6 is 0 Å². The Morgan fingerprint density at radius 3 is 2.53 bits per heavy atom. The Bertz CT molecular complexity index is 561. The molecule has 2 rings (SSSR count). The second-order valence-corrected chi connectivity index (χ2v) is 3.96. The van der Waals surface area contributed by atoms with Gasteiger partial charge in [-0.3, -0.25) is 4.79 Å². The van der Waals surface area contributed by atoms with Crippen molar-refractivity contribution in [3.63, 3.8) is 0 Å². The quantitative estimate of drug-likeness (QED) is 0.810. The van der Waals surface area contributed by atoms with Crippen LogP contribution in [0.5, 0.6) is 11.5 Å². The van der Waals surface area contributed by atoms with E-state index < -0.39 is 0 Å². The Balaban J connectivity index is 2.30. The number of hydrogen-bond donors (Lipinski definition) is 0. The molecule has 1 aromatic carbocycles. The second kappa shape index (κ2) is 5.56. The molecule has 1 aliphatic rings. The first-order valence-corrected chi connectivity index (χ1v) is 5.76. The fourth-order valence-corrected chi connectivity index (χ4v) is 1.92. The molecular weight excluding hydrogens is 246 g/mol. The lowest BCUT2D eigenvalue weighted by atomic mass is 10.1. The Morgan fingerprint density at radius 1 is 1.11 bits per heavy atom. The van der Waals surface area contributed by atoms with E-state index in [1.807, 2.05) is 18.2 Å². The third kappa shape index (κ3) is 2.76. The minimum Gasteiger partial charge on any atom is -0.497 e. The van der Waals surface area contributed by atoms with E-state index in [-0.39, 0.29) is 5.91 Å². The zero-order valence-electron chi connectivity index (χ0n) is 11.1. The first-order chi connectivity index (χ1) is 9.17. The molecule has 1 aromatic rings. The lowest BCUT2D eigenvalue weighted by molar-refractivity contribution is -0.113. The van der Waals surface area contributed by atoms with Gasteiger partial charge >= 0.3 is 0 Å². The van der Waals surface area contributed by atoms with Crippen molar-refractivity contribution in [1.29, 1.82) is 0 Å². The maximum Gasteiger partial charge on any atom is 0.273 e. The number of carbonyl (C=O) groups excluding carboxylic acids is 1. The summed E-state index contributed by atoms with van der Waals surface area (Å²) in [4.78, 5) is 15.2. The van der Waals surface area contributed by atoms with E-state index in [4.69, 9.17) is 14.2 Å². The molecule has 1 heterocycles. The van der Waals surface area contributed by atoms with Crippen molar-refractivity contribution in [2.24, 2.45) is 4.99 Å². The Hall–Kier alpha value is -2.30. The number of aliphatic imine (C=N–C) groups is 1. The summed E-state index contributed by atoms with van der Waals surface area (Å²) in [5.41, 5.74) is 1.48. The van der Waals surface area contributed by atoms with Crippen molar-refractivity contribution in [2.45, 2.75) is 6.42 Å². The molecule has 0 radical (unpaired) electrons. The standard InChI is InChI=1S/C14H15NO4/c1-17-10-4-5-12(18-2)9(6-10)7-11-13(19-3)8-14(16)15-11/h4-6,8H,7H2,1-3H3. The molecule has 0 atom stereocenters. The van der Waals surface area contributed by atoms with Crippen molar-refractivity contribution >= 4 is 11.6 Å². The summed E-state index contributed by atoms with van der Waals surface area (Å²) in [6, 6.07) is 5.50. The summed E-state index contributed by atoms with van der Waals surface area (Å²) < 4.78 is 15.6. The molecule has 5 heteroatoms. The average Bonchev–Trinajstić information content (AvgIpc) is 2.78. The number of hydrogen-bond acceptors (Lipinski definition) is 4. The Morgan fingerprint density at radius 2 is 1.89 bits per heavy atom. The lowest BCUT2D eigenvalue weighted by Crippen LogP contribution is -2.07. The predicted molar refractivity (Wildman–Crippen MR) is 70.8 cm³/mol. The van der Waals surface area contributed by atoms with E-state index >= 15 is 0 Å². The van der Waals surface area contributed by atoms with Crippen molar-refractivity contribution in [3.05, 3.63) is 35.6 Å². The first-order valence-electron chi connectivity index (χ1n) is 5.76. The summed E-state index contributed by atoms with van der Waals surface area (Å²) in [6.07, 6.45) is 1.83. The second-order valence-electron chi connectivity index (χ2n) is 3.96. The van der Waals surface area contributed by atoms with Crippen LogP contribution in [0.1, 0.15) is 5.56 Å². The largest absolute Gasteiger partial charge is 0.497 e. The maximum absolute atomic E-state index is 11.3. The average molecular weight is 261 g/mol. The third-order valence-corrected chi connectivity index (χ3v) is 2.85. The number of methoxy groups -OCH3 is 3. The van der Waals surface area contributed by atoms with Gasteiger partial charge in [0.15, 0.2) is 0 Å². The first kappa shape index (κ1) is 13.1. The van der Waals surface area contributed by atoms with Crippen LogP contribution < -0.4 is 9.47 Å². The van der Waals surface area contributed by atoms with E-state index in [2.05, 4.69) is 4.99 Å². The van der Waals surface area contributed by atoms with Gasteiger partial charge in [-0.05, 0) is 18.2 Å². The van der Waals surface area contributed by atoms with Gasteiger partial charge in [0.25, 0.3) is 5.91 Å². The van der Waals surface area contributed by atoms with E-state index in [0.29, 0.717) is 17.9 Å². The summed E-state index contributed by atoms with van der Waals surface area (Å²) in [5.74, 6) is 1.64. The van der Waals surface area contributed by atoms with Crippen LogP contribution in [0, 0.1) is 0 Å². The molecule has 100 valence electrons. The molecule has 0 aliphatic carbocycles. The van der Waals surface area contributed by atoms with Gasteiger partial charge < -0.3 is 14.2 Å². The van der Waals surface area contributed by atoms with E-state index in [1.165, 1.54) is 13.2 Å². The zero-order valence-corrected chi connectivity index (χ0v) is 11.1. The summed E-state index contributed by atoms with van der Waals surface area (Å²) in [6.45, 7) is 0. The number of nitrogens with zero attached hydrogens (tertiary/aromatic N) is 1. The molecule has 0 saturated carbocycles. The van der Waals surface area contributed by atoms with Gasteiger partial charge in [0.05, 0.1) is 27.0 Å². The summed E-state index contributed by atoms with van der Waals surface area (Å²) in [5, 5.41) is 0. The van der Waals surface area contributed by atoms with Crippen LogP contribution in [-0.4, -0.2) is 32.9 Å². The highest BCUT2D eigenvalue weighted by Gasteiger charge is 2.20. The number of ether oxygens (including phenoxy) is 3. The lowest BCUT2D eigenvalue weighted by Gasteiger charge is -2.11. The Kier molecular flexibility index (Phi) is 3.85. The van der Waals surface area contributed by atoms with Gasteiger partial charge in [-0.1, -0.05) is 0 Å². The molecule has 0 saturated heterocycles. The van der Waals surface area contributed by atoms with Crippen LogP contribution in [0.2, 0.25) is 0 Å². The summed E-state index contributed by atoms with van der Waals surface area (Å²) >= 11 is 0. The van der Waals surface area contributed by atoms with Crippen LogP contribution in [0.15, 0.2) is 35.0 Å². The van der Waals surface area contributed by atoms with Crippen LogP contribution in [0.25, 0.3) is 0 Å². The number of amides is 1. The van der Waals surface area contributed by atoms with E-state index in [0.717, 1.165) is 17.1 Å². The third-order valence-electron chi connectivity index (χ3n) is 2.85. The number of allylic oxidation sites excluding steroid dienone is 1. The molecule has 0 bridgehead atoms. The molecule has 0 fully saturated rings. The van der Waals surface area contributed by atoms with Gasteiger partial charge in [-0.2, -0.15) is 0 Å². The van der Waals surface area contributed by atoms with E-state index in [1.54, 1.807) is 14.2 Å². The summed E-state index contributed by atoms with van der Waals surface area (Å²) in [7, 11) is 4.71. The normalized spacial score (nSPS) is 13.9. The molecule has 1 aliphatic heterocycles. The fourth-order valence-electron chi connectivity index (χ4n) is 1.92. The van der Waals surface area contributed by atoms with Crippen LogP contribution in [0.4, 0.5) is 0 Å².